The number of amides is 1. The number of ether oxygens (including phenoxy) is 1. The molecule has 1 saturated heterocycles. The number of carbonyl (C=O) groups is 1. The van der Waals surface area contributed by atoms with Crippen molar-refractivity contribution in [3.63, 3.8) is 0 Å². The number of likely N-dealkylation sites (tertiary alicyclic amines) is 1. The SMILES string of the molecule is COCCn1c(=O)n(C)c(=O)c2ccc(C3CCN(C(=O)c4ccccn4)CC3)nc21. The summed E-state index contributed by atoms with van der Waals surface area (Å²) >= 11 is 0. The first kappa shape index (κ1) is 20.9. The summed E-state index contributed by atoms with van der Waals surface area (Å²) in [6.45, 7) is 1.86. The zero-order chi connectivity index (χ0) is 22.0. The molecule has 0 atom stereocenters. The Balaban J connectivity index is 1.59. The smallest absolute Gasteiger partial charge is 0.332 e. The summed E-state index contributed by atoms with van der Waals surface area (Å²) in [7, 11) is 3.03. The van der Waals surface area contributed by atoms with Gasteiger partial charge in [-0.05, 0) is 37.1 Å². The molecule has 9 nitrogen and oxygen atoms in total. The van der Waals surface area contributed by atoms with E-state index in [0.717, 1.165) is 23.1 Å². The van der Waals surface area contributed by atoms with E-state index in [1.807, 2.05) is 11.0 Å². The number of rotatable bonds is 5. The van der Waals surface area contributed by atoms with Crippen molar-refractivity contribution < 1.29 is 9.53 Å². The third-order valence-electron chi connectivity index (χ3n) is 5.81. The van der Waals surface area contributed by atoms with Crippen LogP contribution < -0.4 is 11.2 Å². The molecule has 1 aliphatic heterocycles. The minimum atomic E-state index is -0.407. The molecule has 0 aliphatic carbocycles. The van der Waals surface area contributed by atoms with Crippen molar-refractivity contribution in [3.8, 4) is 0 Å². The van der Waals surface area contributed by atoms with E-state index in [0.29, 0.717) is 43.0 Å². The highest BCUT2D eigenvalue weighted by molar-refractivity contribution is 5.92. The molecular weight excluding hydrogens is 398 g/mol. The summed E-state index contributed by atoms with van der Waals surface area (Å²) in [6.07, 6.45) is 3.13. The van der Waals surface area contributed by atoms with Gasteiger partial charge in [-0.3, -0.25) is 23.7 Å². The van der Waals surface area contributed by atoms with Gasteiger partial charge in [-0.2, -0.15) is 0 Å². The maximum atomic E-state index is 12.6. The maximum Gasteiger partial charge on any atom is 0.332 e. The van der Waals surface area contributed by atoms with Crippen molar-refractivity contribution in [2.24, 2.45) is 7.05 Å². The van der Waals surface area contributed by atoms with Gasteiger partial charge in [0.2, 0.25) is 0 Å². The fraction of sp³-hybridized carbons (Fsp3) is 0.409. The zero-order valence-electron chi connectivity index (χ0n) is 17.7. The largest absolute Gasteiger partial charge is 0.383 e. The van der Waals surface area contributed by atoms with Crippen LogP contribution in [-0.4, -0.2) is 56.7 Å². The van der Waals surface area contributed by atoms with Gasteiger partial charge in [0, 0.05) is 45.1 Å². The molecule has 1 fully saturated rings. The molecule has 162 valence electrons. The van der Waals surface area contributed by atoms with Crippen LogP contribution in [0.3, 0.4) is 0 Å². The Labute approximate surface area is 178 Å². The van der Waals surface area contributed by atoms with Crippen LogP contribution >= 0.6 is 0 Å². The number of carbonyl (C=O) groups excluding carboxylic acids is 1. The number of hydrogen-bond donors (Lipinski definition) is 0. The summed E-state index contributed by atoms with van der Waals surface area (Å²) in [5.41, 5.74) is 0.896. The first-order valence-electron chi connectivity index (χ1n) is 10.3. The fourth-order valence-corrected chi connectivity index (χ4v) is 4.02. The lowest BCUT2D eigenvalue weighted by atomic mass is 9.92. The van der Waals surface area contributed by atoms with E-state index < -0.39 is 5.69 Å². The molecule has 0 spiro atoms. The van der Waals surface area contributed by atoms with Gasteiger partial charge in [-0.1, -0.05) is 6.07 Å². The van der Waals surface area contributed by atoms with E-state index in [2.05, 4.69) is 4.98 Å². The molecule has 0 saturated carbocycles. The second kappa shape index (κ2) is 8.81. The summed E-state index contributed by atoms with van der Waals surface area (Å²) in [6, 6.07) is 8.91. The van der Waals surface area contributed by atoms with Gasteiger partial charge in [0.25, 0.3) is 11.5 Å². The summed E-state index contributed by atoms with van der Waals surface area (Å²) in [5.74, 6) is 0.0784. The van der Waals surface area contributed by atoms with Gasteiger partial charge < -0.3 is 9.64 Å². The number of methoxy groups -OCH3 is 1. The van der Waals surface area contributed by atoms with Crippen LogP contribution in [0.2, 0.25) is 0 Å². The van der Waals surface area contributed by atoms with Crippen LogP contribution in [0.15, 0.2) is 46.1 Å². The average Bonchev–Trinajstić information content (AvgIpc) is 2.82. The average molecular weight is 423 g/mol. The van der Waals surface area contributed by atoms with Gasteiger partial charge in [-0.15, -0.1) is 0 Å². The highest BCUT2D eigenvalue weighted by atomic mass is 16.5. The van der Waals surface area contributed by atoms with Crippen molar-refractivity contribution in [2.75, 3.05) is 26.8 Å². The third kappa shape index (κ3) is 4.00. The van der Waals surface area contributed by atoms with E-state index in [1.54, 1.807) is 37.6 Å². The Morgan fingerprint density at radius 3 is 2.61 bits per heavy atom. The third-order valence-corrected chi connectivity index (χ3v) is 5.81. The number of piperidine rings is 1. The van der Waals surface area contributed by atoms with Gasteiger partial charge in [-0.25, -0.2) is 9.78 Å². The quantitative estimate of drug-likeness (QED) is 0.611. The lowest BCUT2D eigenvalue weighted by molar-refractivity contribution is 0.0706. The molecule has 1 amide bonds. The normalized spacial score (nSPS) is 14.8. The van der Waals surface area contributed by atoms with E-state index in [-0.39, 0.29) is 17.4 Å². The molecule has 4 heterocycles. The van der Waals surface area contributed by atoms with Crippen molar-refractivity contribution >= 4 is 16.9 Å². The number of pyridine rings is 2. The fourth-order valence-electron chi connectivity index (χ4n) is 4.02. The Bertz CT molecular complexity index is 1210. The van der Waals surface area contributed by atoms with Crippen LogP contribution in [0, 0.1) is 0 Å². The Hall–Kier alpha value is -3.33. The summed E-state index contributed by atoms with van der Waals surface area (Å²) in [4.78, 5) is 48.5. The number of nitrogens with zero attached hydrogens (tertiary/aromatic N) is 5. The van der Waals surface area contributed by atoms with Crippen molar-refractivity contribution in [3.05, 3.63) is 68.8 Å². The zero-order valence-corrected chi connectivity index (χ0v) is 17.7. The van der Waals surface area contributed by atoms with Gasteiger partial charge in [0.15, 0.2) is 0 Å². The van der Waals surface area contributed by atoms with Gasteiger partial charge >= 0.3 is 5.69 Å². The predicted molar refractivity (Wildman–Crippen MR) is 115 cm³/mol. The standard InChI is InChI=1S/C22H25N5O4/c1-25-20(28)16-6-7-17(24-19(16)27(22(25)30)13-14-31-2)15-8-11-26(12-9-15)21(29)18-5-3-4-10-23-18/h3-7,10,15H,8-9,11-14H2,1-2H3. The summed E-state index contributed by atoms with van der Waals surface area (Å²) < 4.78 is 7.71. The van der Waals surface area contributed by atoms with E-state index >= 15 is 0 Å². The molecule has 0 aromatic carbocycles. The minimum absolute atomic E-state index is 0.0672. The van der Waals surface area contributed by atoms with Crippen molar-refractivity contribution in [1.29, 1.82) is 0 Å². The Morgan fingerprint density at radius 2 is 1.94 bits per heavy atom. The molecular formula is C22H25N5O4. The Morgan fingerprint density at radius 1 is 1.16 bits per heavy atom. The predicted octanol–water partition coefficient (Wildman–Crippen LogP) is 1.16. The monoisotopic (exact) mass is 423 g/mol. The summed E-state index contributed by atoms with van der Waals surface area (Å²) in [5, 5.41) is 0.407. The van der Waals surface area contributed by atoms with Crippen LogP contribution in [0.4, 0.5) is 0 Å². The van der Waals surface area contributed by atoms with Crippen LogP contribution in [0.25, 0.3) is 11.0 Å². The highest BCUT2D eigenvalue weighted by Crippen LogP contribution is 2.28. The van der Waals surface area contributed by atoms with Gasteiger partial charge in [0.05, 0.1) is 18.5 Å². The second-order valence-electron chi connectivity index (χ2n) is 7.68. The lowest BCUT2D eigenvalue weighted by Gasteiger charge is -2.31. The van der Waals surface area contributed by atoms with Crippen molar-refractivity contribution in [1.82, 2.24) is 24.0 Å². The highest BCUT2D eigenvalue weighted by Gasteiger charge is 2.26. The maximum absolute atomic E-state index is 12.6. The molecule has 1 aliphatic rings. The minimum Gasteiger partial charge on any atom is -0.383 e. The molecule has 0 N–H and O–H groups in total. The van der Waals surface area contributed by atoms with E-state index in [9.17, 15) is 14.4 Å². The molecule has 3 aromatic heterocycles. The van der Waals surface area contributed by atoms with Gasteiger partial charge in [0.1, 0.15) is 11.3 Å². The molecule has 3 aromatic rings. The van der Waals surface area contributed by atoms with E-state index in [1.165, 1.54) is 11.6 Å². The van der Waals surface area contributed by atoms with E-state index in [4.69, 9.17) is 9.72 Å². The first-order chi connectivity index (χ1) is 15.0. The number of aromatic nitrogens is 4. The topological polar surface area (TPSA) is 99.3 Å². The molecule has 0 unspecified atom stereocenters. The number of fused-ring (bicyclic) bond motifs is 1. The van der Waals surface area contributed by atoms with Crippen LogP contribution in [-0.2, 0) is 18.3 Å². The van der Waals surface area contributed by atoms with Crippen molar-refractivity contribution in [2.45, 2.75) is 25.3 Å². The first-order valence-corrected chi connectivity index (χ1v) is 10.3. The lowest BCUT2D eigenvalue weighted by Crippen LogP contribution is -2.40. The van der Waals surface area contributed by atoms with Crippen LogP contribution in [0.5, 0.6) is 0 Å². The molecule has 4 rings (SSSR count). The molecule has 0 bridgehead atoms. The molecule has 9 heteroatoms. The Kier molecular flexibility index (Phi) is 5.94. The number of hydrogen-bond acceptors (Lipinski definition) is 6. The van der Waals surface area contributed by atoms with Crippen LogP contribution in [0.1, 0.15) is 34.9 Å². The molecule has 31 heavy (non-hydrogen) atoms. The molecule has 0 radical (unpaired) electrons. The second-order valence-corrected chi connectivity index (χ2v) is 7.68.